The fourth-order valence-electron chi connectivity index (χ4n) is 1.05. The van der Waals surface area contributed by atoms with Crippen LogP contribution >= 0.6 is 0 Å². The zero-order chi connectivity index (χ0) is 11.7. The number of hydrogen-bond acceptors (Lipinski definition) is 3. The predicted octanol–water partition coefficient (Wildman–Crippen LogP) is 1.40. The Hall–Kier alpha value is -1.52. The Morgan fingerprint density at radius 2 is 2.27 bits per heavy atom. The topological polar surface area (TPSA) is 75.6 Å². The van der Waals surface area contributed by atoms with Gasteiger partial charge >= 0.3 is 12.1 Å². The zero-order valence-electron chi connectivity index (χ0n) is 8.86. The van der Waals surface area contributed by atoms with Crippen LogP contribution in [0.15, 0.2) is 12.7 Å². The monoisotopic (exact) mass is 215 g/mol. The zero-order valence-corrected chi connectivity index (χ0v) is 8.86. The van der Waals surface area contributed by atoms with Gasteiger partial charge in [0.2, 0.25) is 0 Å². The number of carbonyl (C=O) groups is 2. The van der Waals surface area contributed by atoms with Gasteiger partial charge in [0, 0.05) is 6.54 Å². The first-order valence-corrected chi connectivity index (χ1v) is 4.86. The molecule has 1 unspecified atom stereocenters. The number of rotatable bonds is 7. The summed E-state index contributed by atoms with van der Waals surface area (Å²) < 4.78 is 4.64. The number of carboxylic acid groups (broad SMARTS) is 1. The van der Waals surface area contributed by atoms with Crippen LogP contribution in [-0.2, 0) is 9.53 Å². The second-order valence-electron chi connectivity index (χ2n) is 3.09. The number of amides is 1. The highest BCUT2D eigenvalue weighted by molar-refractivity contribution is 5.72. The lowest BCUT2D eigenvalue weighted by molar-refractivity contribution is -0.141. The molecule has 0 saturated heterocycles. The van der Waals surface area contributed by atoms with Crippen molar-refractivity contribution in [3.63, 3.8) is 0 Å². The van der Waals surface area contributed by atoms with Crippen molar-refractivity contribution in [1.29, 1.82) is 0 Å². The fraction of sp³-hybridized carbons (Fsp3) is 0.600. The van der Waals surface area contributed by atoms with Crippen LogP contribution in [-0.4, -0.2) is 30.3 Å². The summed E-state index contributed by atoms with van der Waals surface area (Å²) in [4.78, 5) is 21.7. The summed E-state index contributed by atoms with van der Waals surface area (Å²) in [6.07, 6.45) is 2.13. The third-order valence-electron chi connectivity index (χ3n) is 1.81. The van der Waals surface area contributed by atoms with E-state index in [0.717, 1.165) is 6.42 Å². The van der Waals surface area contributed by atoms with Crippen LogP contribution in [0.5, 0.6) is 0 Å². The standard InChI is InChI=1S/C10H17NO4/c1-3-5-8(9(12)13)7-11-10(14)15-6-4-2/h4,8H,2-3,5-7H2,1H3,(H,11,14)(H,12,13). The molecule has 1 atom stereocenters. The van der Waals surface area contributed by atoms with E-state index in [0.29, 0.717) is 6.42 Å². The summed E-state index contributed by atoms with van der Waals surface area (Å²) in [7, 11) is 0. The van der Waals surface area contributed by atoms with Gasteiger partial charge in [0.25, 0.3) is 0 Å². The first kappa shape index (κ1) is 13.5. The predicted molar refractivity (Wildman–Crippen MR) is 55.6 cm³/mol. The molecule has 0 fully saturated rings. The molecule has 2 N–H and O–H groups in total. The molecule has 0 aliphatic rings. The number of carboxylic acids is 1. The van der Waals surface area contributed by atoms with Crippen molar-refractivity contribution < 1.29 is 19.4 Å². The molecule has 0 spiro atoms. The molecule has 0 bridgehead atoms. The van der Waals surface area contributed by atoms with Crippen molar-refractivity contribution in [2.75, 3.05) is 13.2 Å². The van der Waals surface area contributed by atoms with Crippen molar-refractivity contribution in [2.45, 2.75) is 19.8 Å². The Morgan fingerprint density at radius 3 is 2.73 bits per heavy atom. The Labute approximate surface area is 89.1 Å². The van der Waals surface area contributed by atoms with Crippen LogP contribution in [0.2, 0.25) is 0 Å². The van der Waals surface area contributed by atoms with E-state index < -0.39 is 18.0 Å². The van der Waals surface area contributed by atoms with Gasteiger partial charge in [-0.3, -0.25) is 4.79 Å². The molecule has 0 radical (unpaired) electrons. The highest BCUT2D eigenvalue weighted by atomic mass is 16.5. The smallest absolute Gasteiger partial charge is 0.407 e. The first-order chi connectivity index (χ1) is 7.11. The van der Waals surface area contributed by atoms with Gasteiger partial charge in [-0.05, 0) is 6.42 Å². The van der Waals surface area contributed by atoms with E-state index in [2.05, 4.69) is 16.6 Å². The average molecular weight is 215 g/mol. The third-order valence-corrected chi connectivity index (χ3v) is 1.81. The second-order valence-corrected chi connectivity index (χ2v) is 3.09. The summed E-state index contributed by atoms with van der Waals surface area (Å²) in [5, 5.41) is 11.2. The Bertz CT molecular complexity index is 227. The number of ether oxygens (including phenoxy) is 1. The summed E-state index contributed by atoms with van der Waals surface area (Å²) in [5.41, 5.74) is 0. The molecule has 5 nitrogen and oxygen atoms in total. The van der Waals surface area contributed by atoms with E-state index in [1.165, 1.54) is 6.08 Å². The maximum absolute atomic E-state index is 11.0. The number of nitrogens with one attached hydrogen (secondary N) is 1. The number of hydrogen-bond donors (Lipinski definition) is 2. The molecule has 86 valence electrons. The van der Waals surface area contributed by atoms with Crippen molar-refractivity contribution in [3.8, 4) is 0 Å². The van der Waals surface area contributed by atoms with Gasteiger partial charge in [-0.15, -0.1) is 0 Å². The van der Waals surface area contributed by atoms with Crippen molar-refractivity contribution >= 4 is 12.1 Å². The minimum absolute atomic E-state index is 0.0964. The normalized spacial score (nSPS) is 11.5. The molecule has 0 aliphatic carbocycles. The lowest BCUT2D eigenvalue weighted by Crippen LogP contribution is -2.33. The summed E-state index contributed by atoms with van der Waals surface area (Å²) in [6, 6.07) is 0. The average Bonchev–Trinajstić information content (AvgIpc) is 2.20. The lowest BCUT2D eigenvalue weighted by atomic mass is 10.0. The van der Waals surface area contributed by atoms with E-state index in [4.69, 9.17) is 5.11 Å². The number of alkyl carbamates (subject to hydrolysis) is 1. The maximum Gasteiger partial charge on any atom is 0.407 e. The molecule has 0 rings (SSSR count). The molecule has 0 aromatic rings. The Kier molecular flexibility index (Phi) is 7.05. The van der Waals surface area contributed by atoms with Crippen molar-refractivity contribution in [1.82, 2.24) is 5.32 Å². The van der Waals surface area contributed by atoms with Crippen LogP contribution in [0.25, 0.3) is 0 Å². The quantitative estimate of drug-likeness (QED) is 0.629. The van der Waals surface area contributed by atoms with Gasteiger partial charge in [0.05, 0.1) is 5.92 Å². The second kappa shape index (κ2) is 7.84. The van der Waals surface area contributed by atoms with Crippen LogP contribution in [0.1, 0.15) is 19.8 Å². The fourth-order valence-corrected chi connectivity index (χ4v) is 1.05. The number of aliphatic carboxylic acids is 1. The lowest BCUT2D eigenvalue weighted by Gasteiger charge is -2.11. The largest absolute Gasteiger partial charge is 0.481 e. The van der Waals surface area contributed by atoms with E-state index in [1.807, 2.05) is 6.92 Å². The molecule has 0 heterocycles. The minimum Gasteiger partial charge on any atom is -0.481 e. The van der Waals surface area contributed by atoms with Crippen LogP contribution in [0, 0.1) is 5.92 Å². The van der Waals surface area contributed by atoms with Crippen LogP contribution < -0.4 is 5.32 Å². The number of carbonyl (C=O) groups excluding carboxylic acids is 1. The molecular weight excluding hydrogens is 198 g/mol. The van der Waals surface area contributed by atoms with E-state index in [9.17, 15) is 9.59 Å². The van der Waals surface area contributed by atoms with Crippen molar-refractivity contribution in [3.05, 3.63) is 12.7 Å². The van der Waals surface area contributed by atoms with Crippen LogP contribution in [0.3, 0.4) is 0 Å². The molecular formula is C10H17NO4. The molecule has 15 heavy (non-hydrogen) atoms. The van der Waals surface area contributed by atoms with Crippen LogP contribution in [0.4, 0.5) is 4.79 Å². The molecule has 5 heteroatoms. The first-order valence-electron chi connectivity index (χ1n) is 4.86. The molecule has 1 amide bonds. The molecule has 0 aliphatic heterocycles. The highest BCUT2D eigenvalue weighted by Gasteiger charge is 2.17. The van der Waals surface area contributed by atoms with E-state index in [-0.39, 0.29) is 13.2 Å². The van der Waals surface area contributed by atoms with Gasteiger partial charge in [-0.1, -0.05) is 26.0 Å². The summed E-state index contributed by atoms with van der Waals surface area (Å²) in [5.74, 6) is -1.45. The van der Waals surface area contributed by atoms with E-state index >= 15 is 0 Å². The van der Waals surface area contributed by atoms with Gasteiger partial charge in [0.1, 0.15) is 6.61 Å². The SMILES string of the molecule is C=CCOC(=O)NCC(CCC)C(=O)O. The van der Waals surface area contributed by atoms with Gasteiger partial charge in [-0.25, -0.2) is 4.79 Å². The van der Waals surface area contributed by atoms with Gasteiger partial charge in [0.15, 0.2) is 0 Å². The molecule has 0 aromatic heterocycles. The Balaban J connectivity index is 3.82. The maximum atomic E-state index is 11.0. The Morgan fingerprint density at radius 1 is 1.60 bits per heavy atom. The van der Waals surface area contributed by atoms with Gasteiger partial charge < -0.3 is 15.2 Å². The van der Waals surface area contributed by atoms with E-state index in [1.54, 1.807) is 0 Å². The third kappa shape index (κ3) is 6.54. The summed E-state index contributed by atoms with van der Waals surface area (Å²) >= 11 is 0. The minimum atomic E-state index is -0.902. The summed E-state index contributed by atoms with van der Waals surface area (Å²) in [6.45, 7) is 5.50. The van der Waals surface area contributed by atoms with Gasteiger partial charge in [-0.2, -0.15) is 0 Å². The molecule has 0 aromatic carbocycles. The highest BCUT2D eigenvalue weighted by Crippen LogP contribution is 2.04. The molecule has 0 saturated carbocycles. The van der Waals surface area contributed by atoms with Crippen molar-refractivity contribution in [2.24, 2.45) is 5.92 Å².